The molecule has 1 unspecified atom stereocenters. The average Bonchev–Trinajstić information content (AvgIpc) is 3.62. The van der Waals surface area contributed by atoms with E-state index in [0.29, 0.717) is 6.54 Å². The smallest absolute Gasteiger partial charge is 0.475 e. The number of aryl methyl sites for hydroxylation is 1. The minimum atomic E-state index is -5.08. The van der Waals surface area contributed by atoms with Crippen LogP contribution >= 0.6 is 11.3 Å². The molecule has 0 bridgehead atoms. The number of aromatic nitrogens is 5. The molecule has 0 aromatic carbocycles. The number of thiazole rings is 1. The van der Waals surface area contributed by atoms with Gasteiger partial charge in [0.15, 0.2) is 0 Å². The molecule has 0 saturated carbocycles. The van der Waals surface area contributed by atoms with Crippen LogP contribution in [-0.2, 0) is 34.6 Å². The Morgan fingerprint density at radius 1 is 1.00 bits per heavy atom. The lowest BCUT2D eigenvalue weighted by Gasteiger charge is -2.23. The molecule has 12 nitrogen and oxygen atoms in total. The van der Waals surface area contributed by atoms with Crippen molar-refractivity contribution in [3.05, 3.63) is 72.7 Å². The number of rotatable bonds is 4. The third-order valence-electron chi connectivity index (χ3n) is 6.45. The summed E-state index contributed by atoms with van der Waals surface area (Å²) in [7, 11) is 0. The van der Waals surface area contributed by atoms with Crippen molar-refractivity contribution in [3.8, 4) is 0 Å². The summed E-state index contributed by atoms with van der Waals surface area (Å²) in [5.41, 5.74) is 0.737. The van der Waals surface area contributed by atoms with E-state index in [4.69, 9.17) is 19.8 Å². The van der Waals surface area contributed by atoms with Crippen LogP contribution in [0, 0.1) is 6.92 Å². The van der Waals surface area contributed by atoms with Crippen LogP contribution in [0.15, 0.2) is 39.5 Å². The zero-order valence-electron chi connectivity index (χ0n) is 22.2. The second kappa shape index (κ2) is 13.0. The topological polar surface area (TPSA) is 161 Å². The van der Waals surface area contributed by atoms with Gasteiger partial charge in [-0.05, 0) is 37.9 Å². The van der Waals surface area contributed by atoms with E-state index in [2.05, 4.69) is 26.0 Å². The van der Waals surface area contributed by atoms with Crippen LogP contribution in [0.4, 0.5) is 26.3 Å². The molecule has 2 aliphatic rings. The molecule has 1 fully saturated rings. The van der Waals surface area contributed by atoms with Crippen molar-refractivity contribution >= 4 is 23.3 Å². The van der Waals surface area contributed by atoms with Crippen molar-refractivity contribution in [2.75, 3.05) is 13.1 Å². The number of carboxylic acids is 2. The summed E-state index contributed by atoms with van der Waals surface area (Å²) in [6.07, 6.45) is -4.71. The number of alkyl halides is 6. The highest BCUT2D eigenvalue weighted by atomic mass is 32.1. The van der Waals surface area contributed by atoms with Crippen LogP contribution < -0.4 is 11.1 Å². The van der Waals surface area contributed by atoms with Crippen molar-refractivity contribution in [2.24, 2.45) is 0 Å². The second-order valence-electron chi connectivity index (χ2n) is 9.56. The molecule has 5 rings (SSSR count). The quantitative estimate of drug-likeness (QED) is 0.321. The molecular weight excluding hydrogens is 614 g/mol. The SMILES string of the molecule is Cc1nc(Cn2nc3n(c(=O)c2=O)CCC32CCN(Cc3cccnc3)C2)cs1.O=C(O)C(F)(F)F.O=C(O)C(F)(F)F. The van der Waals surface area contributed by atoms with Gasteiger partial charge in [-0.1, -0.05) is 6.07 Å². The van der Waals surface area contributed by atoms with Gasteiger partial charge in [0, 0.05) is 42.8 Å². The van der Waals surface area contributed by atoms with Crippen LogP contribution in [0.2, 0.25) is 0 Å². The lowest BCUT2D eigenvalue weighted by molar-refractivity contribution is -0.193. The Bertz CT molecular complexity index is 1550. The van der Waals surface area contributed by atoms with Crippen LogP contribution in [0.3, 0.4) is 0 Å². The molecule has 234 valence electrons. The summed E-state index contributed by atoms with van der Waals surface area (Å²) in [4.78, 5) is 54.1. The van der Waals surface area contributed by atoms with Gasteiger partial charge in [0.1, 0.15) is 5.82 Å². The van der Waals surface area contributed by atoms with Crippen molar-refractivity contribution in [3.63, 3.8) is 0 Å². The van der Waals surface area contributed by atoms with E-state index in [1.807, 2.05) is 24.6 Å². The van der Waals surface area contributed by atoms with Crippen molar-refractivity contribution in [1.29, 1.82) is 0 Å². The Morgan fingerprint density at radius 3 is 2.12 bits per heavy atom. The molecule has 0 aliphatic carbocycles. The standard InChI is InChI=1S/C20H22N6O2S.2C2HF3O2/c1-14-22-16(12-29-14)11-26-18(28)17(27)25-8-5-20(19(25)23-26)4-7-24(13-20)10-15-3-2-6-21-9-15;2*3-2(4,5)1(6)7/h2-3,6,9,12H,4-5,7-8,10-11,13H2,1H3;2*(H,6,7). The maximum absolute atomic E-state index is 12.7. The fourth-order valence-corrected chi connectivity index (χ4v) is 5.15. The summed E-state index contributed by atoms with van der Waals surface area (Å²) < 4.78 is 66.4. The lowest BCUT2D eigenvalue weighted by atomic mass is 9.85. The first-order valence-corrected chi connectivity index (χ1v) is 13.2. The van der Waals surface area contributed by atoms with Crippen molar-refractivity contribution in [1.82, 2.24) is 29.2 Å². The third kappa shape index (κ3) is 8.46. The Balaban J connectivity index is 0.000000303. The summed E-state index contributed by atoms with van der Waals surface area (Å²) >= 11 is 1.53. The molecule has 5 heterocycles. The van der Waals surface area contributed by atoms with E-state index in [1.54, 1.807) is 10.8 Å². The predicted octanol–water partition coefficient (Wildman–Crippen LogP) is 2.43. The number of aliphatic carboxylic acids is 2. The molecule has 2 N–H and O–H groups in total. The molecule has 1 saturated heterocycles. The normalized spacial score (nSPS) is 17.9. The maximum Gasteiger partial charge on any atom is 0.490 e. The maximum atomic E-state index is 12.7. The largest absolute Gasteiger partial charge is 0.490 e. The van der Waals surface area contributed by atoms with Crippen LogP contribution in [0.25, 0.3) is 0 Å². The van der Waals surface area contributed by atoms with Gasteiger partial charge >= 0.3 is 35.4 Å². The first-order chi connectivity index (χ1) is 19.9. The fourth-order valence-electron chi connectivity index (χ4n) is 4.54. The van der Waals surface area contributed by atoms with Gasteiger partial charge in [0.2, 0.25) is 0 Å². The molecule has 1 spiro atoms. The van der Waals surface area contributed by atoms with E-state index in [0.717, 1.165) is 49.0 Å². The molecular formula is C24H24F6N6O6S. The highest BCUT2D eigenvalue weighted by Gasteiger charge is 2.47. The predicted molar refractivity (Wildman–Crippen MR) is 137 cm³/mol. The van der Waals surface area contributed by atoms with Crippen LogP contribution in [-0.4, -0.2) is 76.8 Å². The highest BCUT2D eigenvalue weighted by Crippen LogP contribution is 2.40. The fraction of sp³-hybridized carbons (Fsp3) is 0.458. The first-order valence-electron chi connectivity index (χ1n) is 12.3. The number of carboxylic acid groups (broad SMARTS) is 2. The second-order valence-corrected chi connectivity index (χ2v) is 10.6. The average molecular weight is 639 g/mol. The van der Waals surface area contributed by atoms with Gasteiger partial charge in [-0.15, -0.1) is 11.3 Å². The number of hydrogen-bond acceptors (Lipinski definition) is 9. The minimum absolute atomic E-state index is 0.172. The number of carbonyl (C=O) groups is 2. The molecule has 3 aromatic rings. The monoisotopic (exact) mass is 638 g/mol. The Morgan fingerprint density at radius 2 is 1.60 bits per heavy atom. The summed E-state index contributed by atoms with van der Waals surface area (Å²) in [6.45, 7) is 5.33. The van der Waals surface area contributed by atoms with Crippen LogP contribution in [0.5, 0.6) is 0 Å². The van der Waals surface area contributed by atoms with Crippen LogP contribution in [0.1, 0.15) is 34.9 Å². The Labute approximate surface area is 241 Å². The van der Waals surface area contributed by atoms with Crippen molar-refractivity contribution < 1.29 is 46.1 Å². The molecule has 43 heavy (non-hydrogen) atoms. The van der Waals surface area contributed by atoms with E-state index in [9.17, 15) is 35.9 Å². The Hall–Kier alpha value is -4.13. The molecule has 1 atom stereocenters. The van der Waals surface area contributed by atoms with Gasteiger partial charge in [0.25, 0.3) is 0 Å². The highest BCUT2D eigenvalue weighted by molar-refractivity contribution is 7.09. The Kier molecular flexibility index (Phi) is 10.1. The van der Waals surface area contributed by atoms with E-state index in [1.165, 1.54) is 21.6 Å². The van der Waals surface area contributed by atoms with Gasteiger partial charge < -0.3 is 10.2 Å². The van der Waals surface area contributed by atoms with E-state index in [-0.39, 0.29) is 12.0 Å². The number of fused-ring (bicyclic) bond motifs is 2. The molecule has 3 aromatic heterocycles. The third-order valence-corrected chi connectivity index (χ3v) is 7.27. The molecule has 19 heteroatoms. The van der Waals surface area contributed by atoms with E-state index >= 15 is 0 Å². The number of pyridine rings is 1. The summed E-state index contributed by atoms with van der Waals surface area (Å²) in [5.74, 6) is -4.76. The first kappa shape index (κ1) is 33.4. The van der Waals surface area contributed by atoms with E-state index < -0.39 is 35.4 Å². The number of likely N-dealkylation sites (tertiary alicyclic amines) is 1. The zero-order chi connectivity index (χ0) is 32.2. The lowest BCUT2D eigenvalue weighted by Crippen LogP contribution is -2.45. The molecule has 0 amide bonds. The van der Waals surface area contributed by atoms with Gasteiger partial charge in [0.05, 0.1) is 17.2 Å². The summed E-state index contributed by atoms with van der Waals surface area (Å²) in [6, 6.07) is 4.03. The van der Waals surface area contributed by atoms with Gasteiger partial charge in [-0.25, -0.2) is 19.3 Å². The van der Waals surface area contributed by atoms with Gasteiger partial charge in [-0.3, -0.25) is 24.0 Å². The molecule has 0 radical (unpaired) electrons. The van der Waals surface area contributed by atoms with Crippen molar-refractivity contribution in [2.45, 2.75) is 57.2 Å². The minimum Gasteiger partial charge on any atom is -0.475 e. The number of hydrogen-bond donors (Lipinski definition) is 2. The van der Waals surface area contributed by atoms with Gasteiger partial charge in [-0.2, -0.15) is 31.4 Å². The molecule has 2 aliphatic heterocycles. The summed E-state index contributed by atoms with van der Waals surface area (Å²) in [5, 5.41) is 21.8. The zero-order valence-corrected chi connectivity index (χ0v) is 23.0. The number of halogens is 6. The number of nitrogens with zero attached hydrogens (tertiary/aromatic N) is 6.